The average Bonchev–Trinajstić information content (AvgIpc) is 2.20. The smallest absolute Gasteiger partial charge is 0.224 e. The Hall–Kier alpha value is -1.42. The molecule has 0 saturated heterocycles. The first-order valence-corrected chi connectivity index (χ1v) is 4.80. The van der Waals surface area contributed by atoms with Crippen molar-refractivity contribution in [3.8, 4) is 0 Å². The van der Waals surface area contributed by atoms with Gasteiger partial charge in [0.15, 0.2) is 0 Å². The fourth-order valence-electron chi connectivity index (χ4n) is 1.19. The summed E-state index contributed by atoms with van der Waals surface area (Å²) in [6, 6.07) is 4.41. The predicted octanol–water partition coefficient (Wildman–Crippen LogP) is 1.85. The molecule has 0 fully saturated rings. The van der Waals surface area contributed by atoms with E-state index in [0.717, 1.165) is 0 Å². The lowest BCUT2D eigenvalue weighted by Gasteiger charge is -2.05. The van der Waals surface area contributed by atoms with Crippen LogP contribution in [0.3, 0.4) is 0 Å². The van der Waals surface area contributed by atoms with Gasteiger partial charge < -0.3 is 10.4 Å². The summed E-state index contributed by atoms with van der Waals surface area (Å²) in [5.41, 5.74) is 1.08. The Labute approximate surface area is 87.9 Å². The van der Waals surface area contributed by atoms with Crippen LogP contribution in [0.4, 0.5) is 10.1 Å². The van der Waals surface area contributed by atoms with E-state index in [1.165, 1.54) is 12.1 Å². The molecule has 1 amide bonds. The van der Waals surface area contributed by atoms with Gasteiger partial charge in [-0.15, -0.1) is 0 Å². The van der Waals surface area contributed by atoms with Crippen LogP contribution < -0.4 is 5.32 Å². The van der Waals surface area contributed by atoms with Gasteiger partial charge in [0.2, 0.25) is 5.91 Å². The van der Waals surface area contributed by atoms with Crippen LogP contribution >= 0.6 is 0 Å². The fourth-order valence-corrected chi connectivity index (χ4v) is 1.19. The van der Waals surface area contributed by atoms with Gasteiger partial charge in [0.25, 0.3) is 0 Å². The lowest BCUT2D eigenvalue weighted by Crippen LogP contribution is -2.11. The summed E-state index contributed by atoms with van der Waals surface area (Å²) in [5.74, 6) is -0.460. The summed E-state index contributed by atoms with van der Waals surface area (Å²) in [6.07, 6.45) is 0.707. The van der Waals surface area contributed by atoms with Crippen LogP contribution in [0.25, 0.3) is 0 Å². The predicted molar refractivity (Wildman–Crippen MR) is 56.1 cm³/mol. The number of benzene rings is 1. The molecule has 0 unspecified atom stereocenters. The molecule has 1 rings (SSSR count). The minimum Gasteiger partial charge on any atom is -0.396 e. The molecule has 2 N–H and O–H groups in total. The third-order valence-electron chi connectivity index (χ3n) is 2.00. The molecule has 0 heterocycles. The highest BCUT2D eigenvalue weighted by Crippen LogP contribution is 2.13. The molecule has 1 aromatic carbocycles. The maximum atomic E-state index is 12.9. The summed E-state index contributed by atoms with van der Waals surface area (Å²) < 4.78 is 12.9. The molecule has 0 atom stereocenters. The second-order valence-electron chi connectivity index (χ2n) is 3.34. The van der Waals surface area contributed by atoms with Gasteiger partial charge in [-0.1, -0.05) is 0 Å². The van der Waals surface area contributed by atoms with Gasteiger partial charge in [-0.25, -0.2) is 4.39 Å². The van der Waals surface area contributed by atoms with E-state index >= 15 is 0 Å². The van der Waals surface area contributed by atoms with Crippen LogP contribution in [0.15, 0.2) is 18.2 Å². The number of aliphatic hydroxyl groups is 1. The number of amides is 1. The largest absolute Gasteiger partial charge is 0.396 e. The highest BCUT2D eigenvalue weighted by atomic mass is 19.1. The van der Waals surface area contributed by atoms with Crippen molar-refractivity contribution in [3.63, 3.8) is 0 Å². The highest BCUT2D eigenvalue weighted by molar-refractivity contribution is 5.90. The molecule has 0 bridgehead atoms. The number of nitrogens with one attached hydrogen (secondary N) is 1. The zero-order valence-corrected chi connectivity index (χ0v) is 8.59. The van der Waals surface area contributed by atoms with E-state index < -0.39 is 0 Å². The molecule has 15 heavy (non-hydrogen) atoms. The highest BCUT2D eigenvalue weighted by Gasteiger charge is 2.03. The van der Waals surface area contributed by atoms with Gasteiger partial charge in [0.05, 0.1) is 0 Å². The molecule has 0 aliphatic carbocycles. The summed E-state index contributed by atoms with van der Waals surface area (Å²) in [5, 5.41) is 11.2. The van der Waals surface area contributed by atoms with E-state index in [1.807, 2.05) is 0 Å². The van der Waals surface area contributed by atoms with Crippen molar-refractivity contribution in [3.05, 3.63) is 29.6 Å². The Balaban J connectivity index is 2.57. The summed E-state index contributed by atoms with van der Waals surface area (Å²) in [7, 11) is 0. The molecular formula is C11H14FNO2. The van der Waals surface area contributed by atoms with Crippen LogP contribution in [0.1, 0.15) is 18.4 Å². The van der Waals surface area contributed by atoms with Crippen molar-refractivity contribution in [2.45, 2.75) is 19.8 Å². The number of aryl methyl sites for hydroxylation is 1. The van der Waals surface area contributed by atoms with E-state index in [-0.39, 0.29) is 24.8 Å². The SMILES string of the molecule is Cc1cc(NC(=O)CCCO)ccc1F. The Morgan fingerprint density at radius 1 is 1.53 bits per heavy atom. The zero-order valence-electron chi connectivity index (χ0n) is 8.59. The molecular weight excluding hydrogens is 197 g/mol. The third kappa shape index (κ3) is 3.67. The number of rotatable bonds is 4. The van der Waals surface area contributed by atoms with Crippen molar-refractivity contribution in [2.75, 3.05) is 11.9 Å². The quantitative estimate of drug-likeness (QED) is 0.798. The number of carbonyl (C=O) groups is 1. The Morgan fingerprint density at radius 2 is 2.27 bits per heavy atom. The zero-order chi connectivity index (χ0) is 11.3. The Bertz CT molecular complexity index is 352. The Morgan fingerprint density at radius 3 is 2.87 bits per heavy atom. The average molecular weight is 211 g/mol. The lowest BCUT2D eigenvalue weighted by atomic mass is 10.2. The minimum absolute atomic E-state index is 0.00410. The van der Waals surface area contributed by atoms with Crippen molar-refractivity contribution in [2.24, 2.45) is 0 Å². The lowest BCUT2D eigenvalue weighted by molar-refractivity contribution is -0.116. The Kier molecular flexibility index (Phi) is 4.24. The first kappa shape index (κ1) is 11.7. The van der Waals surface area contributed by atoms with Crippen LogP contribution in [0.5, 0.6) is 0 Å². The number of hydrogen-bond donors (Lipinski definition) is 2. The van der Waals surface area contributed by atoms with E-state index in [2.05, 4.69) is 5.32 Å². The van der Waals surface area contributed by atoms with Gasteiger partial charge in [-0.2, -0.15) is 0 Å². The number of halogens is 1. The van der Waals surface area contributed by atoms with Crippen molar-refractivity contribution in [1.29, 1.82) is 0 Å². The molecule has 0 aliphatic rings. The number of carbonyl (C=O) groups excluding carboxylic acids is 1. The van der Waals surface area contributed by atoms with E-state index in [1.54, 1.807) is 13.0 Å². The van der Waals surface area contributed by atoms with Gasteiger partial charge in [-0.05, 0) is 37.1 Å². The van der Waals surface area contributed by atoms with Gasteiger partial charge in [0, 0.05) is 18.7 Å². The van der Waals surface area contributed by atoms with Crippen LogP contribution in [-0.2, 0) is 4.79 Å². The minimum atomic E-state index is -0.289. The van der Waals surface area contributed by atoms with Crippen molar-refractivity contribution < 1.29 is 14.3 Å². The maximum absolute atomic E-state index is 12.9. The van der Waals surface area contributed by atoms with E-state index in [4.69, 9.17) is 5.11 Å². The number of aliphatic hydroxyl groups excluding tert-OH is 1. The topological polar surface area (TPSA) is 49.3 Å². The summed E-state index contributed by atoms with van der Waals surface area (Å²) in [6.45, 7) is 1.63. The van der Waals surface area contributed by atoms with Crippen molar-refractivity contribution in [1.82, 2.24) is 0 Å². The van der Waals surface area contributed by atoms with E-state index in [9.17, 15) is 9.18 Å². The normalized spacial score (nSPS) is 10.1. The van der Waals surface area contributed by atoms with Gasteiger partial charge in [0.1, 0.15) is 5.82 Å². The molecule has 4 heteroatoms. The van der Waals surface area contributed by atoms with Crippen molar-refractivity contribution >= 4 is 11.6 Å². The standard InChI is InChI=1S/C11H14FNO2/c1-8-7-9(4-5-10(8)12)13-11(15)3-2-6-14/h4-5,7,14H,2-3,6H2,1H3,(H,13,15). The molecule has 0 spiro atoms. The fraction of sp³-hybridized carbons (Fsp3) is 0.364. The van der Waals surface area contributed by atoms with Crippen LogP contribution in [0.2, 0.25) is 0 Å². The number of anilines is 1. The van der Waals surface area contributed by atoms with Crippen LogP contribution in [0, 0.1) is 12.7 Å². The molecule has 82 valence electrons. The summed E-state index contributed by atoms with van der Waals surface area (Å²) in [4.78, 5) is 11.3. The second kappa shape index (κ2) is 5.46. The molecule has 0 radical (unpaired) electrons. The van der Waals surface area contributed by atoms with Gasteiger partial charge in [-0.3, -0.25) is 4.79 Å². The first-order chi connectivity index (χ1) is 7.13. The molecule has 0 aromatic heterocycles. The van der Waals surface area contributed by atoms with E-state index in [0.29, 0.717) is 17.7 Å². The van der Waals surface area contributed by atoms with Gasteiger partial charge >= 0.3 is 0 Å². The monoisotopic (exact) mass is 211 g/mol. The third-order valence-corrected chi connectivity index (χ3v) is 2.00. The number of hydrogen-bond acceptors (Lipinski definition) is 2. The molecule has 0 saturated carbocycles. The van der Waals surface area contributed by atoms with Crippen LogP contribution in [-0.4, -0.2) is 17.6 Å². The molecule has 3 nitrogen and oxygen atoms in total. The second-order valence-corrected chi connectivity index (χ2v) is 3.34. The molecule has 1 aromatic rings. The maximum Gasteiger partial charge on any atom is 0.224 e. The first-order valence-electron chi connectivity index (χ1n) is 4.80. The molecule has 0 aliphatic heterocycles. The summed E-state index contributed by atoms with van der Waals surface area (Å²) >= 11 is 0.